The normalized spacial score (nSPS) is 33.0. The Hall–Kier alpha value is -0.820. The molecule has 3 rings (SSSR count). The lowest BCUT2D eigenvalue weighted by atomic mass is 9.75. The Morgan fingerprint density at radius 1 is 1.05 bits per heavy atom. The minimum atomic E-state index is 0.868. The molecule has 0 saturated heterocycles. The summed E-state index contributed by atoms with van der Waals surface area (Å²) in [4.78, 5) is 0. The van der Waals surface area contributed by atoms with E-state index in [2.05, 4.69) is 42.6 Å². The highest BCUT2D eigenvalue weighted by Gasteiger charge is 2.46. The maximum absolute atomic E-state index is 3.67. The van der Waals surface area contributed by atoms with Crippen LogP contribution in [0.5, 0.6) is 0 Å². The van der Waals surface area contributed by atoms with Gasteiger partial charge in [0.2, 0.25) is 0 Å². The van der Waals surface area contributed by atoms with Gasteiger partial charge in [-0.1, -0.05) is 50.1 Å². The van der Waals surface area contributed by atoms with E-state index in [1.165, 1.54) is 51.6 Å². The van der Waals surface area contributed by atoms with Crippen molar-refractivity contribution in [3.63, 3.8) is 0 Å². The predicted molar refractivity (Wildman–Crippen MR) is 85.9 cm³/mol. The summed E-state index contributed by atoms with van der Waals surface area (Å²) in [6.45, 7) is 4.71. The molecule has 2 saturated carbocycles. The molecule has 0 aliphatic heterocycles. The summed E-state index contributed by atoms with van der Waals surface area (Å²) in [7, 11) is 0. The van der Waals surface area contributed by atoms with Gasteiger partial charge in [0, 0.05) is 0 Å². The van der Waals surface area contributed by atoms with E-state index in [0.29, 0.717) is 0 Å². The third-order valence-electron chi connectivity index (χ3n) is 5.42. The highest BCUT2D eigenvalue weighted by atomic mass is 14.9. The second kappa shape index (κ2) is 6.76. The third kappa shape index (κ3) is 3.25. The first-order valence-electron chi connectivity index (χ1n) is 8.65. The number of rotatable bonds is 6. The van der Waals surface area contributed by atoms with Gasteiger partial charge in [0.1, 0.15) is 0 Å². The molecule has 4 atom stereocenters. The van der Waals surface area contributed by atoms with E-state index in [4.69, 9.17) is 0 Å². The van der Waals surface area contributed by atoms with Crippen molar-refractivity contribution in [3.8, 4) is 0 Å². The van der Waals surface area contributed by atoms with Gasteiger partial charge in [-0.05, 0) is 68.0 Å². The Labute approximate surface area is 124 Å². The zero-order valence-corrected chi connectivity index (χ0v) is 12.9. The zero-order chi connectivity index (χ0) is 13.8. The van der Waals surface area contributed by atoms with Crippen molar-refractivity contribution in [3.05, 3.63) is 35.9 Å². The van der Waals surface area contributed by atoms with E-state index < -0.39 is 0 Å². The SMILES string of the molecule is CCCNCC1CCCCC1C1CC1c1ccccc1. The quantitative estimate of drug-likeness (QED) is 0.746. The smallest absolute Gasteiger partial charge is 0.00178 e. The van der Waals surface area contributed by atoms with E-state index in [9.17, 15) is 0 Å². The van der Waals surface area contributed by atoms with Crippen molar-refractivity contribution in [1.29, 1.82) is 0 Å². The largest absolute Gasteiger partial charge is 0.316 e. The minimum Gasteiger partial charge on any atom is -0.316 e. The van der Waals surface area contributed by atoms with Gasteiger partial charge in [0.15, 0.2) is 0 Å². The van der Waals surface area contributed by atoms with Crippen molar-refractivity contribution in [2.75, 3.05) is 13.1 Å². The van der Waals surface area contributed by atoms with Crippen molar-refractivity contribution in [2.45, 2.75) is 51.4 Å². The summed E-state index contributed by atoms with van der Waals surface area (Å²) in [5.41, 5.74) is 1.59. The molecular weight excluding hydrogens is 242 g/mol. The van der Waals surface area contributed by atoms with E-state index in [-0.39, 0.29) is 0 Å². The van der Waals surface area contributed by atoms with Gasteiger partial charge in [0.25, 0.3) is 0 Å². The second-order valence-corrected chi connectivity index (χ2v) is 6.83. The van der Waals surface area contributed by atoms with Gasteiger partial charge < -0.3 is 5.32 Å². The van der Waals surface area contributed by atoms with E-state index in [1.54, 1.807) is 5.56 Å². The summed E-state index contributed by atoms with van der Waals surface area (Å²) in [5, 5.41) is 3.67. The average molecular weight is 271 g/mol. The van der Waals surface area contributed by atoms with Crippen molar-refractivity contribution >= 4 is 0 Å². The van der Waals surface area contributed by atoms with Crippen LogP contribution in [0.3, 0.4) is 0 Å². The van der Waals surface area contributed by atoms with Crippen LogP contribution in [0.4, 0.5) is 0 Å². The number of benzene rings is 1. The van der Waals surface area contributed by atoms with Crippen LogP contribution in [0.15, 0.2) is 30.3 Å². The molecule has 1 heteroatoms. The molecule has 20 heavy (non-hydrogen) atoms. The van der Waals surface area contributed by atoms with Crippen LogP contribution in [-0.2, 0) is 0 Å². The lowest BCUT2D eigenvalue weighted by Crippen LogP contribution is -2.32. The minimum absolute atomic E-state index is 0.868. The first-order valence-corrected chi connectivity index (χ1v) is 8.65. The topological polar surface area (TPSA) is 12.0 Å². The summed E-state index contributed by atoms with van der Waals surface area (Å²) in [6.07, 6.45) is 8.56. The number of nitrogens with one attached hydrogen (secondary N) is 1. The molecule has 0 heterocycles. The van der Waals surface area contributed by atoms with E-state index in [0.717, 1.165) is 23.7 Å². The molecular formula is C19H29N. The molecule has 110 valence electrons. The molecule has 0 spiro atoms. The maximum Gasteiger partial charge on any atom is -0.00178 e. The highest BCUT2D eigenvalue weighted by Crippen LogP contribution is 2.56. The molecule has 0 radical (unpaired) electrons. The van der Waals surface area contributed by atoms with Gasteiger partial charge >= 0.3 is 0 Å². The van der Waals surface area contributed by atoms with Crippen LogP contribution < -0.4 is 5.32 Å². The Kier molecular flexibility index (Phi) is 4.77. The van der Waals surface area contributed by atoms with Gasteiger partial charge in [-0.25, -0.2) is 0 Å². The molecule has 0 amide bonds. The molecule has 1 nitrogen and oxygen atoms in total. The molecule has 1 N–H and O–H groups in total. The molecule has 1 aromatic carbocycles. The van der Waals surface area contributed by atoms with Gasteiger partial charge in [-0.3, -0.25) is 0 Å². The molecule has 2 fully saturated rings. The molecule has 4 unspecified atom stereocenters. The molecule has 0 bridgehead atoms. The van der Waals surface area contributed by atoms with Crippen LogP contribution in [0.25, 0.3) is 0 Å². The fourth-order valence-corrected chi connectivity index (χ4v) is 4.29. The van der Waals surface area contributed by atoms with Crippen molar-refractivity contribution in [2.24, 2.45) is 17.8 Å². The fourth-order valence-electron chi connectivity index (χ4n) is 4.29. The zero-order valence-electron chi connectivity index (χ0n) is 12.9. The monoisotopic (exact) mass is 271 g/mol. The van der Waals surface area contributed by atoms with Crippen molar-refractivity contribution < 1.29 is 0 Å². The Morgan fingerprint density at radius 3 is 2.65 bits per heavy atom. The second-order valence-electron chi connectivity index (χ2n) is 6.83. The lowest BCUT2D eigenvalue weighted by molar-refractivity contribution is 0.202. The molecule has 2 aliphatic carbocycles. The summed E-state index contributed by atoms with van der Waals surface area (Å²) >= 11 is 0. The Bertz CT molecular complexity index is 399. The summed E-state index contributed by atoms with van der Waals surface area (Å²) < 4.78 is 0. The van der Waals surface area contributed by atoms with E-state index in [1.807, 2.05) is 0 Å². The predicted octanol–water partition coefficient (Wildman–Crippen LogP) is 4.60. The van der Waals surface area contributed by atoms with Crippen LogP contribution in [-0.4, -0.2) is 13.1 Å². The molecule has 0 aromatic heterocycles. The van der Waals surface area contributed by atoms with Crippen LogP contribution in [0.1, 0.15) is 56.9 Å². The molecule has 1 aromatic rings. The van der Waals surface area contributed by atoms with Crippen molar-refractivity contribution in [1.82, 2.24) is 5.32 Å². The number of hydrogen-bond acceptors (Lipinski definition) is 1. The average Bonchev–Trinajstić information content (AvgIpc) is 3.29. The van der Waals surface area contributed by atoms with Gasteiger partial charge in [0.05, 0.1) is 0 Å². The summed E-state index contributed by atoms with van der Waals surface area (Å²) in [6, 6.07) is 11.2. The van der Waals surface area contributed by atoms with Crippen LogP contribution >= 0.6 is 0 Å². The third-order valence-corrected chi connectivity index (χ3v) is 5.42. The highest BCUT2D eigenvalue weighted by molar-refractivity contribution is 5.26. The van der Waals surface area contributed by atoms with Gasteiger partial charge in [-0.15, -0.1) is 0 Å². The fraction of sp³-hybridized carbons (Fsp3) is 0.684. The number of hydrogen-bond donors (Lipinski definition) is 1. The van der Waals surface area contributed by atoms with E-state index >= 15 is 0 Å². The molecule has 2 aliphatic rings. The summed E-state index contributed by atoms with van der Waals surface area (Å²) in [5.74, 6) is 3.77. The Balaban J connectivity index is 1.58. The Morgan fingerprint density at radius 2 is 1.85 bits per heavy atom. The van der Waals surface area contributed by atoms with Crippen LogP contribution in [0.2, 0.25) is 0 Å². The standard InChI is InChI=1S/C19H29N/c1-2-12-20-14-16-10-6-7-11-17(16)19-13-18(19)15-8-4-3-5-9-15/h3-5,8-9,16-20H,2,6-7,10-14H2,1H3. The lowest BCUT2D eigenvalue weighted by Gasteiger charge is -2.32. The first-order chi connectivity index (χ1) is 9.90. The van der Waals surface area contributed by atoms with Gasteiger partial charge in [-0.2, -0.15) is 0 Å². The van der Waals surface area contributed by atoms with Crippen LogP contribution in [0, 0.1) is 17.8 Å². The maximum atomic E-state index is 3.67. The first kappa shape index (κ1) is 14.1.